The molecule has 5 N–H and O–H groups in total. The zero-order chi connectivity index (χ0) is 20.6. The summed E-state index contributed by atoms with van der Waals surface area (Å²) in [5, 5.41) is 6.15. The van der Waals surface area contributed by atoms with E-state index in [0.29, 0.717) is 18.1 Å². The second-order valence-electron chi connectivity index (χ2n) is 6.84. The van der Waals surface area contributed by atoms with E-state index < -0.39 is 6.09 Å². The molecule has 0 saturated heterocycles. The van der Waals surface area contributed by atoms with Crippen LogP contribution >= 0.6 is 0 Å². The number of halogens is 1. The van der Waals surface area contributed by atoms with Gasteiger partial charge < -0.3 is 22.9 Å². The van der Waals surface area contributed by atoms with Gasteiger partial charge in [-0.1, -0.05) is 60.2 Å². The summed E-state index contributed by atoms with van der Waals surface area (Å²) in [6.45, 7) is 4.12. The summed E-state index contributed by atoms with van der Waals surface area (Å²) in [7, 11) is 0. The summed E-state index contributed by atoms with van der Waals surface area (Å²) in [5.74, 6) is 1.11. The van der Waals surface area contributed by atoms with Gasteiger partial charge in [0.25, 0.3) is 0 Å². The van der Waals surface area contributed by atoms with Crippen molar-refractivity contribution in [3.63, 3.8) is 0 Å². The van der Waals surface area contributed by atoms with Gasteiger partial charge in [-0.2, -0.15) is 0 Å². The van der Waals surface area contributed by atoms with E-state index >= 15 is 0 Å². The Labute approximate surface area is 183 Å². The Hall–Kier alpha value is -3.25. The predicted octanol–water partition coefficient (Wildman–Crippen LogP) is 1.36. The highest BCUT2D eigenvalue weighted by Crippen LogP contribution is 2.24. The first kappa shape index (κ1) is 23.0. The highest BCUT2D eigenvalue weighted by atomic mass is 35.5. The molecule has 0 aliphatic rings. The van der Waals surface area contributed by atoms with Crippen molar-refractivity contribution in [3.05, 3.63) is 83.4 Å². The van der Waals surface area contributed by atoms with Crippen molar-refractivity contribution in [3.8, 4) is 0 Å². The van der Waals surface area contributed by atoms with E-state index in [4.69, 9.17) is 10.5 Å². The number of benzene rings is 2. The van der Waals surface area contributed by atoms with Gasteiger partial charge in [0.1, 0.15) is 11.7 Å². The third-order valence-corrected chi connectivity index (χ3v) is 4.58. The van der Waals surface area contributed by atoms with Crippen LogP contribution in [0.1, 0.15) is 29.7 Å². The number of aryl methyl sites for hydroxylation is 1. The van der Waals surface area contributed by atoms with Gasteiger partial charge in [0.2, 0.25) is 11.6 Å². The monoisotopic (exact) mass is 426 g/mol. The summed E-state index contributed by atoms with van der Waals surface area (Å²) in [6.07, 6.45) is 0.287. The van der Waals surface area contributed by atoms with E-state index in [9.17, 15) is 4.79 Å². The lowest BCUT2D eigenvalue weighted by molar-refractivity contribution is -0.342. The number of anilines is 3. The number of hydrogen-bond donors (Lipinski definition) is 3. The van der Waals surface area contributed by atoms with Crippen LogP contribution in [-0.2, 0) is 11.2 Å². The fourth-order valence-corrected chi connectivity index (χ4v) is 3.07. The van der Waals surface area contributed by atoms with Crippen LogP contribution in [0.2, 0.25) is 0 Å². The van der Waals surface area contributed by atoms with Crippen molar-refractivity contribution in [1.82, 2.24) is 0 Å². The molecular weight excluding hydrogens is 400 g/mol. The van der Waals surface area contributed by atoms with Crippen molar-refractivity contribution >= 4 is 23.4 Å². The number of hydrogen-bond acceptors (Lipinski definition) is 4. The molecule has 1 unspecified atom stereocenters. The topological polar surface area (TPSA) is 90.5 Å². The van der Waals surface area contributed by atoms with Crippen molar-refractivity contribution in [2.75, 3.05) is 23.0 Å². The summed E-state index contributed by atoms with van der Waals surface area (Å²) < 4.78 is 4.89. The maximum absolute atomic E-state index is 11.6. The van der Waals surface area contributed by atoms with E-state index in [1.165, 1.54) is 16.7 Å². The first-order valence-electron chi connectivity index (χ1n) is 9.67. The molecule has 0 aliphatic heterocycles. The number of pyridine rings is 1. The van der Waals surface area contributed by atoms with Crippen LogP contribution in [0, 0.1) is 6.92 Å². The van der Waals surface area contributed by atoms with E-state index in [0.717, 1.165) is 12.2 Å². The lowest BCUT2D eigenvalue weighted by atomic mass is 9.98. The van der Waals surface area contributed by atoms with Crippen LogP contribution in [0.3, 0.4) is 0 Å². The van der Waals surface area contributed by atoms with Crippen LogP contribution in [0.15, 0.2) is 66.7 Å². The Morgan fingerprint density at radius 2 is 1.77 bits per heavy atom. The average Bonchev–Trinajstić information content (AvgIpc) is 2.71. The van der Waals surface area contributed by atoms with Gasteiger partial charge in [-0.25, -0.2) is 9.78 Å². The van der Waals surface area contributed by atoms with Crippen molar-refractivity contribution in [1.29, 1.82) is 0 Å². The van der Waals surface area contributed by atoms with Crippen LogP contribution in [0.25, 0.3) is 0 Å². The molecule has 1 atom stereocenters. The fraction of sp³-hybridized carbons (Fsp3) is 0.217. The SMILES string of the molecule is CCOC(=O)Nc1ccc(NC(Cc2ccccc2)c2ccc(C)cc2)[nH+]c1N.[Cl-]. The molecule has 0 fully saturated rings. The molecule has 6 nitrogen and oxygen atoms in total. The van der Waals surface area contributed by atoms with Crippen molar-refractivity contribution < 1.29 is 26.9 Å². The molecule has 158 valence electrons. The quantitative estimate of drug-likeness (QED) is 0.532. The van der Waals surface area contributed by atoms with Crippen LogP contribution in [0.5, 0.6) is 0 Å². The van der Waals surface area contributed by atoms with Crippen LogP contribution < -0.4 is 33.8 Å². The highest BCUT2D eigenvalue weighted by Gasteiger charge is 2.18. The van der Waals surface area contributed by atoms with Gasteiger partial charge in [-0.05, 0) is 31.0 Å². The molecule has 30 heavy (non-hydrogen) atoms. The number of nitrogen functional groups attached to an aromatic ring is 1. The minimum Gasteiger partial charge on any atom is -1.00 e. The Morgan fingerprint density at radius 3 is 2.40 bits per heavy atom. The first-order valence-corrected chi connectivity index (χ1v) is 9.67. The molecule has 0 saturated carbocycles. The maximum atomic E-state index is 11.6. The Bertz CT molecular complexity index is 949. The molecule has 2 aromatic carbocycles. The van der Waals surface area contributed by atoms with Crippen LogP contribution in [-0.4, -0.2) is 12.7 Å². The number of nitrogens with two attached hydrogens (primary N) is 1. The second kappa shape index (κ2) is 11.1. The zero-order valence-electron chi connectivity index (χ0n) is 17.1. The third-order valence-electron chi connectivity index (χ3n) is 4.58. The fourth-order valence-electron chi connectivity index (χ4n) is 3.07. The maximum Gasteiger partial charge on any atom is 0.411 e. The van der Waals surface area contributed by atoms with Gasteiger partial charge in [0, 0.05) is 12.5 Å². The Morgan fingerprint density at radius 1 is 1.07 bits per heavy atom. The molecule has 0 radical (unpaired) electrons. The van der Waals surface area contributed by atoms with Gasteiger partial charge in [-0.15, -0.1) is 0 Å². The van der Waals surface area contributed by atoms with Gasteiger partial charge in [0.15, 0.2) is 0 Å². The number of amides is 1. The Balaban J connectivity index is 0.00000320. The second-order valence-corrected chi connectivity index (χ2v) is 6.84. The van der Waals surface area contributed by atoms with Gasteiger partial charge in [-0.3, -0.25) is 10.6 Å². The van der Waals surface area contributed by atoms with Crippen LogP contribution in [0.4, 0.5) is 22.1 Å². The average molecular weight is 427 g/mol. The largest absolute Gasteiger partial charge is 1.00 e. The summed E-state index contributed by atoms with van der Waals surface area (Å²) in [5.41, 5.74) is 10.2. The molecule has 1 amide bonds. The summed E-state index contributed by atoms with van der Waals surface area (Å²) >= 11 is 0. The number of nitrogens with one attached hydrogen (secondary N) is 3. The molecular formula is C23H27ClN4O2. The normalized spacial score (nSPS) is 11.1. The van der Waals surface area contributed by atoms with Crippen molar-refractivity contribution in [2.45, 2.75) is 26.3 Å². The molecule has 3 aromatic rings. The van der Waals surface area contributed by atoms with E-state index in [1.54, 1.807) is 13.0 Å². The molecule has 1 heterocycles. The first-order chi connectivity index (χ1) is 14.0. The van der Waals surface area contributed by atoms with Gasteiger partial charge in [0.05, 0.1) is 6.61 Å². The number of aromatic nitrogens is 1. The number of carbonyl (C=O) groups excluding carboxylic acids is 1. The minimum atomic E-state index is -0.532. The number of H-pyrrole nitrogens is 1. The van der Waals surface area contributed by atoms with Gasteiger partial charge >= 0.3 is 6.09 Å². The molecule has 7 heteroatoms. The van der Waals surface area contributed by atoms with E-state index in [1.807, 2.05) is 24.3 Å². The summed E-state index contributed by atoms with van der Waals surface area (Å²) in [6, 6.07) is 22.5. The molecule has 0 spiro atoms. The zero-order valence-corrected chi connectivity index (χ0v) is 17.9. The lowest BCUT2D eigenvalue weighted by Crippen LogP contribution is -3.00. The van der Waals surface area contributed by atoms with E-state index in [2.05, 4.69) is 58.9 Å². The summed E-state index contributed by atoms with van der Waals surface area (Å²) in [4.78, 5) is 14.7. The van der Waals surface area contributed by atoms with E-state index in [-0.39, 0.29) is 18.4 Å². The predicted molar refractivity (Wildman–Crippen MR) is 116 cm³/mol. The number of aromatic amines is 1. The molecule has 3 rings (SSSR count). The minimum absolute atomic E-state index is 0. The number of rotatable bonds is 7. The Kier molecular flexibility index (Phi) is 8.50. The lowest BCUT2D eigenvalue weighted by Gasteiger charge is -2.18. The molecule has 0 aliphatic carbocycles. The third kappa shape index (κ3) is 6.39. The molecule has 1 aromatic heterocycles. The standard InChI is InChI=1S/C23H26N4O2.ClH/c1-3-29-23(28)26-19-13-14-21(27-22(19)24)25-20(15-17-7-5-4-6-8-17)18-11-9-16(2)10-12-18;/h4-14,20H,3,15H2,1-2H3,(H,26,28)(H3,24,25,27);1H. The van der Waals surface area contributed by atoms with Crippen molar-refractivity contribution in [2.24, 2.45) is 0 Å². The number of carbonyl (C=O) groups is 1. The number of ether oxygens (including phenoxy) is 1. The smallest absolute Gasteiger partial charge is 0.411 e. The molecule has 0 bridgehead atoms. The highest BCUT2D eigenvalue weighted by molar-refractivity contribution is 5.87.